The Morgan fingerprint density at radius 1 is 0.972 bits per heavy atom. The third kappa shape index (κ3) is 5.01. The number of para-hydroxylation sites is 1. The molecule has 1 saturated heterocycles. The molecule has 7 heteroatoms. The van der Waals surface area contributed by atoms with Gasteiger partial charge in [-0.3, -0.25) is 9.69 Å². The van der Waals surface area contributed by atoms with Gasteiger partial charge in [-0.2, -0.15) is 0 Å². The molecular weight excluding hydrogens is 472 g/mol. The van der Waals surface area contributed by atoms with Crippen LogP contribution in [-0.2, 0) is 11.4 Å². The summed E-state index contributed by atoms with van der Waals surface area (Å²) in [5.41, 5.74) is 2.62. The number of hydrogen-bond acceptors (Lipinski definition) is 5. The minimum Gasteiger partial charge on any atom is -0.488 e. The number of likely N-dealkylation sites (N-methyl/N-ethyl adjacent to an activating group) is 1. The molecule has 0 unspecified atom stereocenters. The summed E-state index contributed by atoms with van der Waals surface area (Å²) in [6.07, 6.45) is 1.81. The summed E-state index contributed by atoms with van der Waals surface area (Å²) in [7, 11) is 1.67. The molecule has 0 radical (unpaired) electrons. The second-order valence-corrected chi connectivity index (χ2v) is 9.24. The maximum absolute atomic E-state index is 12.9. The standard InChI is InChI=1S/C29H22N2O4S/c1-31-27(32)26(36-29(31)30-24-14-12-21(13-15-24)28(33)34)17-23-8-4-5-9-25(23)35-18-19-10-11-20-6-2-3-7-22(20)16-19/h2-17H,18H2,1H3,(H,33,34)/b26-17-,30-29?. The van der Waals surface area contributed by atoms with Crippen molar-refractivity contribution in [3.05, 3.63) is 113 Å². The third-order valence-corrected chi connectivity index (χ3v) is 6.82. The van der Waals surface area contributed by atoms with Gasteiger partial charge in [0.2, 0.25) is 0 Å². The molecule has 36 heavy (non-hydrogen) atoms. The van der Waals surface area contributed by atoms with Gasteiger partial charge in [0.15, 0.2) is 5.17 Å². The number of fused-ring (bicyclic) bond motifs is 1. The average Bonchev–Trinajstić information content (AvgIpc) is 3.16. The van der Waals surface area contributed by atoms with Gasteiger partial charge in [-0.05, 0) is 70.6 Å². The van der Waals surface area contributed by atoms with Crippen LogP contribution >= 0.6 is 11.8 Å². The van der Waals surface area contributed by atoms with Crippen molar-refractivity contribution >= 4 is 51.3 Å². The summed E-state index contributed by atoms with van der Waals surface area (Å²) in [6.45, 7) is 0.408. The zero-order valence-electron chi connectivity index (χ0n) is 19.4. The average molecular weight is 495 g/mol. The van der Waals surface area contributed by atoms with Crippen LogP contribution in [0, 0.1) is 0 Å². The van der Waals surface area contributed by atoms with Gasteiger partial charge in [0.1, 0.15) is 12.4 Å². The predicted molar refractivity (Wildman–Crippen MR) is 144 cm³/mol. The molecule has 1 aliphatic heterocycles. The second kappa shape index (κ2) is 10.1. The molecule has 178 valence electrons. The maximum Gasteiger partial charge on any atom is 0.335 e. The van der Waals surface area contributed by atoms with E-state index in [2.05, 4.69) is 35.3 Å². The Kier molecular flexibility index (Phi) is 6.56. The van der Waals surface area contributed by atoms with Crippen LogP contribution in [0.2, 0.25) is 0 Å². The number of carboxylic acids is 1. The topological polar surface area (TPSA) is 79.2 Å². The van der Waals surface area contributed by atoms with Crippen LogP contribution in [0.1, 0.15) is 21.5 Å². The van der Waals surface area contributed by atoms with Crippen LogP contribution in [-0.4, -0.2) is 34.1 Å². The second-order valence-electron chi connectivity index (χ2n) is 8.23. The summed E-state index contributed by atoms with van der Waals surface area (Å²) >= 11 is 1.27. The number of carboxylic acid groups (broad SMARTS) is 1. The first-order valence-electron chi connectivity index (χ1n) is 11.3. The lowest BCUT2D eigenvalue weighted by Crippen LogP contribution is -2.23. The number of amides is 1. The van der Waals surface area contributed by atoms with E-state index in [9.17, 15) is 9.59 Å². The van der Waals surface area contributed by atoms with Gasteiger partial charge in [0.05, 0.1) is 16.2 Å². The van der Waals surface area contributed by atoms with E-state index in [1.807, 2.05) is 42.5 Å². The Morgan fingerprint density at radius 3 is 2.47 bits per heavy atom. The first kappa shape index (κ1) is 23.4. The number of carbonyl (C=O) groups is 2. The Balaban J connectivity index is 1.35. The monoisotopic (exact) mass is 494 g/mol. The Bertz CT molecular complexity index is 1530. The lowest BCUT2D eigenvalue weighted by atomic mass is 10.1. The molecule has 0 bridgehead atoms. The van der Waals surface area contributed by atoms with Crippen molar-refractivity contribution in [1.29, 1.82) is 0 Å². The molecule has 1 N–H and O–H groups in total. The van der Waals surface area contributed by atoms with Crippen LogP contribution in [0.5, 0.6) is 5.75 Å². The van der Waals surface area contributed by atoms with Crippen molar-refractivity contribution in [2.75, 3.05) is 7.05 Å². The van der Waals surface area contributed by atoms with Crippen molar-refractivity contribution in [2.24, 2.45) is 4.99 Å². The fraction of sp³-hybridized carbons (Fsp3) is 0.0690. The van der Waals surface area contributed by atoms with E-state index in [1.165, 1.54) is 34.2 Å². The van der Waals surface area contributed by atoms with Crippen LogP contribution in [0.3, 0.4) is 0 Å². The highest BCUT2D eigenvalue weighted by Crippen LogP contribution is 2.35. The van der Waals surface area contributed by atoms with Crippen molar-refractivity contribution in [2.45, 2.75) is 6.61 Å². The van der Waals surface area contributed by atoms with Crippen LogP contribution in [0.15, 0.2) is 101 Å². The molecule has 0 saturated carbocycles. The summed E-state index contributed by atoms with van der Waals surface area (Å²) in [5, 5.41) is 11.9. The van der Waals surface area contributed by atoms with E-state index in [1.54, 1.807) is 19.2 Å². The van der Waals surface area contributed by atoms with E-state index in [0.29, 0.717) is 28.1 Å². The lowest BCUT2D eigenvalue weighted by Gasteiger charge is -2.10. The molecule has 1 fully saturated rings. The quantitative estimate of drug-likeness (QED) is 0.316. The molecule has 5 rings (SSSR count). The van der Waals surface area contributed by atoms with Crippen molar-refractivity contribution < 1.29 is 19.4 Å². The molecule has 4 aromatic rings. The number of aliphatic imine (C=N–C) groups is 1. The Hall–Kier alpha value is -4.36. The number of amidine groups is 1. The molecule has 0 aromatic heterocycles. The zero-order valence-corrected chi connectivity index (χ0v) is 20.2. The number of carbonyl (C=O) groups excluding carboxylic acids is 1. The summed E-state index contributed by atoms with van der Waals surface area (Å²) in [6, 6.07) is 28.3. The van der Waals surface area contributed by atoms with Gasteiger partial charge in [0.25, 0.3) is 5.91 Å². The van der Waals surface area contributed by atoms with E-state index in [4.69, 9.17) is 9.84 Å². The van der Waals surface area contributed by atoms with Crippen LogP contribution in [0.25, 0.3) is 16.8 Å². The highest BCUT2D eigenvalue weighted by molar-refractivity contribution is 8.18. The molecule has 0 atom stereocenters. The third-order valence-electron chi connectivity index (χ3n) is 5.76. The summed E-state index contributed by atoms with van der Waals surface area (Å²) < 4.78 is 6.14. The number of thioether (sulfide) groups is 1. The summed E-state index contributed by atoms with van der Waals surface area (Å²) in [4.78, 5) is 30.5. The normalized spacial score (nSPS) is 15.7. The molecule has 0 aliphatic carbocycles. The molecule has 4 aromatic carbocycles. The number of nitrogens with zero attached hydrogens (tertiary/aromatic N) is 2. The number of hydrogen-bond donors (Lipinski definition) is 1. The van der Waals surface area contributed by atoms with Gasteiger partial charge >= 0.3 is 5.97 Å². The van der Waals surface area contributed by atoms with E-state index in [-0.39, 0.29) is 11.5 Å². The van der Waals surface area contributed by atoms with Crippen LogP contribution < -0.4 is 4.74 Å². The minimum absolute atomic E-state index is 0.162. The molecule has 1 heterocycles. The molecule has 6 nitrogen and oxygen atoms in total. The van der Waals surface area contributed by atoms with Gasteiger partial charge in [-0.1, -0.05) is 54.6 Å². The SMILES string of the molecule is CN1C(=O)/C(=C/c2ccccc2OCc2ccc3ccccc3c2)SC1=Nc1ccc(C(=O)O)cc1. The van der Waals surface area contributed by atoms with Crippen molar-refractivity contribution in [1.82, 2.24) is 4.90 Å². The van der Waals surface area contributed by atoms with Crippen LogP contribution in [0.4, 0.5) is 5.69 Å². The van der Waals surface area contributed by atoms with E-state index in [0.717, 1.165) is 16.5 Å². The predicted octanol–water partition coefficient (Wildman–Crippen LogP) is 6.35. The first-order valence-corrected chi connectivity index (χ1v) is 12.1. The minimum atomic E-state index is -0.997. The Morgan fingerprint density at radius 2 is 1.69 bits per heavy atom. The number of ether oxygens (including phenoxy) is 1. The van der Waals surface area contributed by atoms with Gasteiger partial charge in [-0.15, -0.1) is 0 Å². The fourth-order valence-electron chi connectivity index (χ4n) is 3.80. The van der Waals surface area contributed by atoms with Gasteiger partial charge < -0.3 is 9.84 Å². The maximum atomic E-state index is 12.9. The molecular formula is C29H22N2O4S. The molecule has 1 amide bonds. The van der Waals surface area contributed by atoms with Gasteiger partial charge in [0, 0.05) is 12.6 Å². The Labute approximate surface area is 212 Å². The van der Waals surface area contributed by atoms with Crippen molar-refractivity contribution in [3.8, 4) is 5.75 Å². The van der Waals surface area contributed by atoms with E-state index < -0.39 is 5.97 Å². The number of aromatic carboxylic acids is 1. The molecule has 1 aliphatic rings. The van der Waals surface area contributed by atoms with Crippen molar-refractivity contribution in [3.63, 3.8) is 0 Å². The highest BCUT2D eigenvalue weighted by atomic mass is 32.2. The smallest absolute Gasteiger partial charge is 0.335 e. The number of benzene rings is 4. The number of rotatable bonds is 6. The zero-order chi connectivity index (χ0) is 25.1. The lowest BCUT2D eigenvalue weighted by molar-refractivity contribution is -0.121. The molecule has 0 spiro atoms. The fourth-order valence-corrected chi connectivity index (χ4v) is 4.78. The highest BCUT2D eigenvalue weighted by Gasteiger charge is 2.30. The largest absolute Gasteiger partial charge is 0.488 e. The van der Waals surface area contributed by atoms with Gasteiger partial charge in [-0.25, -0.2) is 9.79 Å². The van der Waals surface area contributed by atoms with E-state index >= 15 is 0 Å². The first-order chi connectivity index (χ1) is 17.5. The summed E-state index contributed by atoms with van der Waals surface area (Å²) in [5.74, 6) is -0.474.